The summed E-state index contributed by atoms with van der Waals surface area (Å²) in [6, 6.07) is 0.120. The van der Waals surface area contributed by atoms with Crippen molar-refractivity contribution in [2.75, 3.05) is 32.8 Å². The molecule has 94 valence electrons. The average Bonchev–Trinajstić information content (AvgIpc) is 2.30. The largest absolute Gasteiger partial charge is 0.377 e. The normalized spacial score (nSPS) is 34.9. The number of hydrogen-bond donors (Lipinski definition) is 1. The highest BCUT2D eigenvalue weighted by Crippen LogP contribution is 2.16. The van der Waals surface area contributed by atoms with Crippen molar-refractivity contribution in [3.05, 3.63) is 0 Å². The van der Waals surface area contributed by atoms with Crippen LogP contribution >= 0.6 is 0 Å². The van der Waals surface area contributed by atoms with Crippen molar-refractivity contribution in [2.45, 2.75) is 44.4 Å². The third-order valence-corrected chi connectivity index (χ3v) is 3.50. The van der Waals surface area contributed by atoms with Crippen LogP contribution in [0.1, 0.15) is 26.2 Å². The lowest BCUT2D eigenvalue weighted by atomic mass is 10.1. The standard InChI is InChI=1S/C12H24N2O2/c1-10(13)12-9-14(5-7-16-12)8-11-4-2-3-6-15-11/h10-12H,2-9,13H2,1H3. The molecule has 0 amide bonds. The van der Waals surface area contributed by atoms with Gasteiger partial charge in [0.25, 0.3) is 0 Å². The van der Waals surface area contributed by atoms with E-state index in [1.54, 1.807) is 0 Å². The highest BCUT2D eigenvalue weighted by atomic mass is 16.5. The predicted octanol–water partition coefficient (Wildman–Crippen LogP) is 0.604. The van der Waals surface area contributed by atoms with Crippen molar-refractivity contribution >= 4 is 0 Å². The SMILES string of the molecule is CC(N)C1CN(CC2CCCCO2)CCO1. The third kappa shape index (κ3) is 3.42. The Morgan fingerprint density at radius 1 is 1.31 bits per heavy atom. The third-order valence-electron chi connectivity index (χ3n) is 3.50. The molecule has 0 spiro atoms. The van der Waals surface area contributed by atoms with E-state index in [4.69, 9.17) is 15.2 Å². The van der Waals surface area contributed by atoms with Gasteiger partial charge in [0.1, 0.15) is 0 Å². The maximum Gasteiger partial charge on any atom is 0.0850 e. The van der Waals surface area contributed by atoms with Gasteiger partial charge >= 0.3 is 0 Å². The molecule has 4 heteroatoms. The second-order valence-electron chi connectivity index (χ2n) is 5.02. The van der Waals surface area contributed by atoms with Crippen LogP contribution in [-0.4, -0.2) is 56.0 Å². The van der Waals surface area contributed by atoms with Crippen molar-refractivity contribution < 1.29 is 9.47 Å². The Morgan fingerprint density at radius 3 is 2.88 bits per heavy atom. The second kappa shape index (κ2) is 5.96. The molecule has 0 saturated carbocycles. The number of morpholine rings is 1. The zero-order valence-electron chi connectivity index (χ0n) is 10.2. The van der Waals surface area contributed by atoms with Crippen molar-refractivity contribution in [3.8, 4) is 0 Å². The van der Waals surface area contributed by atoms with E-state index in [1.165, 1.54) is 19.3 Å². The number of hydrogen-bond acceptors (Lipinski definition) is 4. The lowest BCUT2D eigenvalue weighted by molar-refractivity contribution is -0.0652. The first-order valence-corrected chi connectivity index (χ1v) is 6.47. The number of ether oxygens (including phenoxy) is 2. The fraction of sp³-hybridized carbons (Fsp3) is 1.00. The Balaban J connectivity index is 1.75. The van der Waals surface area contributed by atoms with E-state index in [-0.39, 0.29) is 12.1 Å². The number of nitrogens with zero attached hydrogens (tertiary/aromatic N) is 1. The summed E-state index contributed by atoms with van der Waals surface area (Å²) in [4.78, 5) is 2.44. The highest BCUT2D eigenvalue weighted by molar-refractivity contribution is 4.79. The number of nitrogens with two attached hydrogens (primary N) is 1. The van der Waals surface area contributed by atoms with Crippen LogP contribution in [0.3, 0.4) is 0 Å². The van der Waals surface area contributed by atoms with E-state index >= 15 is 0 Å². The molecule has 0 aromatic rings. The van der Waals surface area contributed by atoms with Gasteiger partial charge in [-0.2, -0.15) is 0 Å². The summed E-state index contributed by atoms with van der Waals surface area (Å²) in [5.41, 5.74) is 5.88. The van der Waals surface area contributed by atoms with Crippen molar-refractivity contribution in [2.24, 2.45) is 5.73 Å². The molecule has 0 aromatic carbocycles. The van der Waals surface area contributed by atoms with E-state index in [1.807, 2.05) is 6.92 Å². The summed E-state index contributed by atoms with van der Waals surface area (Å²) in [5.74, 6) is 0. The summed E-state index contributed by atoms with van der Waals surface area (Å²) in [5, 5.41) is 0. The van der Waals surface area contributed by atoms with Crippen LogP contribution in [0, 0.1) is 0 Å². The zero-order chi connectivity index (χ0) is 11.4. The van der Waals surface area contributed by atoms with Crippen LogP contribution in [-0.2, 0) is 9.47 Å². The van der Waals surface area contributed by atoms with Gasteiger partial charge in [0.15, 0.2) is 0 Å². The minimum absolute atomic E-state index is 0.120. The predicted molar refractivity (Wildman–Crippen MR) is 63.4 cm³/mol. The van der Waals surface area contributed by atoms with Crippen LogP contribution in [0.25, 0.3) is 0 Å². The van der Waals surface area contributed by atoms with E-state index in [0.717, 1.165) is 32.8 Å². The molecule has 2 saturated heterocycles. The van der Waals surface area contributed by atoms with Gasteiger partial charge in [-0.05, 0) is 26.2 Å². The Kier molecular flexibility index (Phi) is 4.58. The topological polar surface area (TPSA) is 47.7 Å². The molecule has 2 aliphatic rings. The molecule has 3 atom stereocenters. The van der Waals surface area contributed by atoms with Crippen LogP contribution in [0.2, 0.25) is 0 Å². The molecule has 0 aromatic heterocycles. The molecule has 2 rings (SSSR count). The van der Waals surface area contributed by atoms with Crippen molar-refractivity contribution in [1.82, 2.24) is 4.90 Å². The minimum atomic E-state index is 0.120. The summed E-state index contributed by atoms with van der Waals surface area (Å²) in [6.45, 7) is 6.78. The lowest BCUT2D eigenvalue weighted by Crippen LogP contribution is -2.51. The monoisotopic (exact) mass is 228 g/mol. The van der Waals surface area contributed by atoms with Gasteiger partial charge in [0, 0.05) is 32.3 Å². The minimum Gasteiger partial charge on any atom is -0.377 e. The average molecular weight is 228 g/mol. The molecule has 2 N–H and O–H groups in total. The molecule has 2 aliphatic heterocycles. The summed E-state index contributed by atoms with van der Waals surface area (Å²) >= 11 is 0. The number of rotatable bonds is 3. The smallest absolute Gasteiger partial charge is 0.0850 e. The van der Waals surface area contributed by atoms with E-state index < -0.39 is 0 Å². The van der Waals surface area contributed by atoms with Gasteiger partial charge in [0.05, 0.1) is 18.8 Å². The molecule has 0 aliphatic carbocycles. The van der Waals surface area contributed by atoms with Gasteiger partial charge < -0.3 is 15.2 Å². The first-order valence-electron chi connectivity index (χ1n) is 6.47. The molecular weight excluding hydrogens is 204 g/mol. The van der Waals surface area contributed by atoms with Gasteiger partial charge in [-0.3, -0.25) is 4.90 Å². The molecule has 0 radical (unpaired) electrons. The first-order chi connectivity index (χ1) is 7.75. The van der Waals surface area contributed by atoms with Gasteiger partial charge in [-0.15, -0.1) is 0 Å². The first kappa shape index (κ1) is 12.3. The van der Waals surface area contributed by atoms with Crippen LogP contribution in [0.5, 0.6) is 0 Å². The van der Waals surface area contributed by atoms with Crippen molar-refractivity contribution in [1.29, 1.82) is 0 Å². The van der Waals surface area contributed by atoms with Gasteiger partial charge in [-0.25, -0.2) is 0 Å². The lowest BCUT2D eigenvalue weighted by Gasteiger charge is -2.37. The molecule has 2 fully saturated rings. The highest BCUT2D eigenvalue weighted by Gasteiger charge is 2.25. The maximum atomic E-state index is 5.88. The zero-order valence-corrected chi connectivity index (χ0v) is 10.2. The van der Waals surface area contributed by atoms with E-state index in [9.17, 15) is 0 Å². The molecule has 2 heterocycles. The molecule has 3 unspecified atom stereocenters. The van der Waals surface area contributed by atoms with E-state index in [2.05, 4.69) is 4.90 Å². The van der Waals surface area contributed by atoms with Gasteiger partial charge in [0.2, 0.25) is 0 Å². The molecule has 4 nitrogen and oxygen atoms in total. The van der Waals surface area contributed by atoms with Crippen LogP contribution in [0.4, 0.5) is 0 Å². The Morgan fingerprint density at radius 2 is 2.19 bits per heavy atom. The van der Waals surface area contributed by atoms with Crippen molar-refractivity contribution in [3.63, 3.8) is 0 Å². The quantitative estimate of drug-likeness (QED) is 0.768. The molecular formula is C12H24N2O2. The van der Waals surface area contributed by atoms with Crippen LogP contribution in [0.15, 0.2) is 0 Å². The van der Waals surface area contributed by atoms with E-state index in [0.29, 0.717) is 6.10 Å². The maximum absolute atomic E-state index is 5.88. The van der Waals surface area contributed by atoms with Gasteiger partial charge in [-0.1, -0.05) is 0 Å². The summed E-state index contributed by atoms with van der Waals surface area (Å²) in [7, 11) is 0. The Labute approximate surface area is 98.1 Å². The molecule has 16 heavy (non-hydrogen) atoms. The summed E-state index contributed by atoms with van der Waals surface area (Å²) in [6.07, 6.45) is 4.37. The Hall–Kier alpha value is -0.160. The fourth-order valence-electron chi connectivity index (χ4n) is 2.45. The second-order valence-corrected chi connectivity index (χ2v) is 5.02. The van der Waals surface area contributed by atoms with Crippen LogP contribution < -0.4 is 5.73 Å². The fourth-order valence-corrected chi connectivity index (χ4v) is 2.45. The Bertz CT molecular complexity index is 205. The molecule has 0 bridgehead atoms. The summed E-state index contributed by atoms with van der Waals surface area (Å²) < 4.78 is 11.4.